The van der Waals surface area contributed by atoms with E-state index in [1.54, 1.807) is 6.07 Å². The number of sulfone groups is 1. The number of rotatable bonds is 6. The van der Waals surface area contributed by atoms with Gasteiger partial charge < -0.3 is 15.4 Å². The second-order valence-corrected chi connectivity index (χ2v) is 13.4. The van der Waals surface area contributed by atoms with Crippen LogP contribution >= 0.6 is 0 Å². The minimum Gasteiger partial charge on any atom is -0.487 e. The van der Waals surface area contributed by atoms with Crippen LogP contribution in [0, 0.1) is 11.6 Å². The van der Waals surface area contributed by atoms with Gasteiger partial charge in [0.15, 0.2) is 33.0 Å². The summed E-state index contributed by atoms with van der Waals surface area (Å²) in [6.45, 7) is 8.68. The molecule has 11 heteroatoms. The van der Waals surface area contributed by atoms with Gasteiger partial charge in [-0.1, -0.05) is 0 Å². The smallest absolute Gasteiger partial charge is 0.229 e. The first-order valence-electron chi connectivity index (χ1n) is 12.2. The normalized spacial score (nSPS) is 22.2. The summed E-state index contributed by atoms with van der Waals surface area (Å²) in [6.07, 6.45) is 3.07. The highest BCUT2D eigenvalue weighted by molar-refractivity contribution is 7.91. The molecule has 2 aliphatic rings. The SMILES string of the molecule is CN1C(C)(C)CC(Nc2nc(Nc3ccc(OC4CCS(=O)(=O)CC4)c(F)c3)ncc2F)CC1(C)C. The number of hydrogen-bond acceptors (Lipinski definition) is 8. The number of halogens is 2. The van der Waals surface area contributed by atoms with E-state index in [0.717, 1.165) is 19.0 Å². The number of hydrogen-bond donors (Lipinski definition) is 2. The molecular formula is C25H35F2N5O3S. The molecule has 0 amide bonds. The number of nitrogens with zero attached hydrogens (tertiary/aromatic N) is 3. The van der Waals surface area contributed by atoms with Crippen LogP contribution in [0.5, 0.6) is 5.75 Å². The van der Waals surface area contributed by atoms with E-state index in [-0.39, 0.29) is 52.2 Å². The summed E-state index contributed by atoms with van der Waals surface area (Å²) in [5.41, 5.74) is 0.235. The highest BCUT2D eigenvalue weighted by Crippen LogP contribution is 2.38. The van der Waals surface area contributed by atoms with Gasteiger partial charge in [0.05, 0.1) is 17.7 Å². The molecule has 36 heavy (non-hydrogen) atoms. The van der Waals surface area contributed by atoms with Crippen LogP contribution in [0.4, 0.5) is 26.2 Å². The van der Waals surface area contributed by atoms with E-state index in [2.05, 4.69) is 60.2 Å². The molecule has 2 aliphatic heterocycles. The summed E-state index contributed by atoms with van der Waals surface area (Å²) in [5.74, 6) is -0.769. The first kappa shape index (κ1) is 26.5. The van der Waals surface area contributed by atoms with E-state index in [1.165, 1.54) is 12.1 Å². The number of ether oxygens (including phenoxy) is 1. The Morgan fingerprint density at radius 2 is 1.69 bits per heavy atom. The molecule has 2 saturated heterocycles. The summed E-state index contributed by atoms with van der Waals surface area (Å²) in [6, 6.07) is 4.36. The predicted molar refractivity (Wildman–Crippen MR) is 137 cm³/mol. The predicted octanol–water partition coefficient (Wildman–Crippen LogP) is 4.52. The molecule has 198 valence electrons. The van der Waals surface area contributed by atoms with Crippen molar-refractivity contribution in [2.75, 3.05) is 29.2 Å². The molecule has 0 aliphatic carbocycles. The Hall–Kier alpha value is -2.53. The third-order valence-electron chi connectivity index (χ3n) is 7.38. The van der Waals surface area contributed by atoms with E-state index in [9.17, 15) is 17.2 Å². The van der Waals surface area contributed by atoms with Crippen molar-refractivity contribution in [3.05, 3.63) is 36.0 Å². The van der Waals surface area contributed by atoms with Crippen molar-refractivity contribution < 1.29 is 21.9 Å². The number of anilines is 3. The molecule has 4 rings (SSSR count). The average molecular weight is 524 g/mol. The van der Waals surface area contributed by atoms with Crippen molar-refractivity contribution in [1.82, 2.24) is 14.9 Å². The highest BCUT2D eigenvalue weighted by atomic mass is 32.2. The van der Waals surface area contributed by atoms with Crippen molar-refractivity contribution in [3.63, 3.8) is 0 Å². The summed E-state index contributed by atoms with van der Waals surface area (Å²) in [5, 5.41) is 6.17. The molecular weight excluding hydrogens is 488 g/mol. The van der Waals surface area contributed by atoms with Crippen LogP contribution in [-0.4, -0.2) is 65.1 Å². The molecule has 2 N–H and O–H groups in total. The van der Waals surface area contributed by atoms with Gasteiger partial charge in [0, 0.05) is 28.9 Å². The van der Waals surface area contributed by atoms with Crippen LogP contribution in [0.25, 0.3) is 0 Å². The zero-order chi connectivity index (χ0) is 26.3. The number of piperidine rings is 1. The Morgan fingerprint density at radius 3 is 2.31 bits per heavy atom. The monoisotopic (exact) mass is 523 g/mol. The fourth-order valence-electron chi connectivity index (χ4n) is 5.16. The molecule has 0 spiro atoms. The van der Waals surface area contributed by atoms with Gasteiger partial charge in [0.25, 0.3) is 0 Å². The summed E-state index contributed by atoms with van der Waals surface area (Å²) >= 11 is 0. The number of benzene rings is 1. The molecule has 8 nitrogen and oxygen atoms in total. The van der Waals surface area contributed by atoms with Crippen LogP contribution in [0.3, 0.4) is 0 Å². The summed E-state index contributed by atoms with van der Waals surface area (Å²) in [4.78, 5) is 10.6. The molecule has 2 fully saturated rings. The fraction of sp³-hybridized carbons (Fsp3) is 0.600. The van der Waals surface area contributed by atoms with Gasteiger partial charge >= 0.3 is 0 Å². The second kappa shape index (κ2) is 9.74. The minimum absolute atomic E-state index is 0.0205. The maximum absolute atomic E-state index is 14.7. The van der Waals surface area contributed by atoms with E-state index in [4.69, 9.17) is 4.74 Å². The Bertz CT molecular complexity index is 1190. The van der Waals surface area contributed by atoms with Crippen LogP contribution < -0.4 is 15.4 Å². The van der Waals surface area contributed by atoms with Gasteiger partial charge in [0.1, 0.15) is 6.10 Å². The van der Waals surface area contributed by atoms with Crippen molar-refractivity contribution in [2.45, 2.75) is 76.6 Å². The van der Waals surface area contributed by atoms with Gasteiger partial charge in [-0.3, -0.25) is 4.90 Å². The largest absolute Gasteiger partial charge is 0.487 e. The third-order valence-corrected chi connectivity index (χ3v) is 9.09. The van der Waals surface area contributed by atoms with Gasteiger partial charge in [-0.15, -0.1) is 0 Å². The lowest BCUT2D eigenvalue weighted by Crippen LogP contribution is -2.61. The molecule has 0 radical (unpaired) electrons. The fourth-order valence-corrected chi connectivity index (χ4v) is 6.61. The molecule has 2 aromatic rings. The second-order valence-electron chi connectivity index (χ2n) is 11.1. The zero-order valence-corrected chi connectivity index (χ0v) is 22.3. The van der Waals surface area contributed by atoms with E-state index in [0.29, 0.717) is 18.5 Å². The van der Waals surface area contributed by atoms with Crippen molar-refractivity contribution in [2.24, 2.45) is 0 Å². The average Bonchev–Trinajstić information content (AvgIpc) is 2.77. The van der Waals surface area contributed by atoms with Crippen molar-refractivity contribution in [3.8, 4) is 5.75 Å². The molecule has 3 heterocycles. The lowest BCUT2D eigenvalue weighted by Gasteiger charge is -2.53. The zero-order valence-electron chi connectivity index (χ0n) is 21.4. The molecule has 1 aromatic heterocycles. The van der Waals surface area contributed by atoms with Crippen LogP contribution in [0.15, 0.2) is 24.4 Å². The maximum atomic E-state index is 14.7. The van der Waals surface area contributed by atoms with Crippen molar-refractivity contribution in [1.29, 1.82) is 0 Å². The van der Waals surface area contributed by atoms with Crippen LogP contribution in [-0.2, 0) is 9.84 Å². The van der Waals surface area contributed by atoms with Gasteiger partial charge in [0.2, 0.25) is 5.95 Å². The lowest BCUT2D eigenvalue weighted by molar-refractivity contribution is -0.00778. The molecule has 0 bridgehead atoms. The minimum atomic E-state index is -3.02. The van der Waals surface area contributed by atoms with Gasteiger partial charge in [-0.2, -0.15) is 4.98 Å². The first-order chi connectivity index (χ1) is 16.7. The van der Waals surface area contributed by atoms with Crippen LogP contribution in [0.2, 0.25) is 0 Å². The molecule has 0 unspecified atom stereocenters. The van der Waals surface area contributed by atoms with Gasteiger partial charge in [-0.05, 0) is 72.6 Å². The van der Waals surface area contributed by atoms with E-state index >= 15 is 0 Å². The maximum Gasteiger partial charge on any atom is 0.229 e. The number of likely N-dealkylation sites (tertiary alicyclic amines) is 1. The molecule has 0 saturated carbocycles. The summed E-state index contributed by atoms with van der Waals surface area (Å²) in [7, 11) is -0.912. The number of aromatic nitrogens is 2. The van der Waals surface area contributed by atoms with Gasteiger partial charge in [-0.25, -0.2) is 22.2 Å². The topological polar surface area (TPSA) is 96.5 Å². The third kappa shape index (κ3) is 6.05. The summed E-state index contributed by atoms with van der Waals surface area (Å²) < 4.78 is 58.1. The standard InChI is InChI=1S/C25H35F2N5O3S/c1-24(2)13-17(14-25(3,4)32(24)5)29-22-20(27)15-28-23(31-22)30-16-6-7-21(19(26)12-16)35-18-8-10-36(33,34)11-9-18/h6-7,12,15,17-18H,8-11,13-14H2,1-5H3,(H2,28,29,30,31). The Balaban J connectivity index is 1.43. The Labute approximate surface area is 211 Å². The van der Waals surface area contributed by atoms with Crippen molar-refractivity contribution >= 4 is 27.3 Å². The molecule has 0 atom stereocenters. The lowest BCUT2D eigenvalue weighted by atomic mass is 9.77. The van der Waals surface area contributed by atoms with E-state index in [1.807, 2.05) is 0 Å². The molecule has 1 aromatic carbocycles. The quantitative estimate of drug-likeness (QED) is 0.571. The Kier molecular flexibility index (Phi) is 7.18. The highest BCUT2D eigenvalue weighted by Gasteiger charge is 2.43. The first-order valence-corrected chi connectivity index (χ1v) is 14.0. The van der Waals surface area contributed by atoms with Crippen LogP contribution in [0.1, 0.15) is 53.4 Å². The Morgan fingerprint density at radius 1 is 1.06 bits per heavy atom. The van der Waals surface area contributed by atoms with E-state index < -0.39 is 21.5 Å². The number of nitrogens with one attached hydrogen (secondary N) is 2.